The first-order chi connectivity index (χ1) is 10.8. The van der Waals surface area contributed by atoms with Gasteiger partial charge in [0.15, 0.2) is 0 Å². The fourth-order valence-corrected chi connectivity index (χ4v) is 3.17. The van der Waals surface area contributed by atoms with E-state index in [9.17, 15) is 10.2 Å². The van der Waals surface area contributed by atoms with Gasteiger partial charge in [-0.3, -0.25) is 0 Å². The molecule has 134 valence electrons. The van der Waals surface area contributed by atoms with Crippen molar-refractivity contribution in [2.75, 3.05) is 0 Å². The number of hydrogen-bond donors (Lipinski definition) is 2. The zero-order valence-corrected chi connectivity index (χ0v) is 16.5. The van der Waals surface area contributed by atoms with Gasteiger partial charge in [0.05, 0.1) is 0 Å². The van der Waals surface area contributed by atoms with Crippen LogP contribution in [-0.2, 0) is 5.41 Å². The average molecular weight is 331 g/mol. The molecule has 0 amide bonds. The van der Waals surface area contributed by atoms with Crippen LogP contribution in [0.15, 0.2) is 11.6 Å². The quantitative estimate of drug-likeness (QED) is 0.588. The van der Waals surface area contributed by atoms with E-state index in [-0.39, 0.29) is 16.9 Å². The molecule has 0 saturated carbocycles. The molecule has 0 saturated heterocycles. The van der Waals surface area contributed by atoms with Gasteiger partial charge in [-0.05, 0) is 37.5 Å². The number of phenols is 2. The Morgan fingerprint density at radius 3 is 2.08 bits per heavy atom. The Hall–Kier alpha value is -1.70. The van der Waals surface area contributed by atoms with E-state index in [1.807, 2.05) is 0 Å². The minimum atomic E-state index is -0.337. The normalized spacial score (nSPS) is 13.4. The van der Waals surface area contributed by atoms with E-state index in [4.69, 9.17) is 0 Å². The first-order valence-electron chi connectivity index (χ1n) is 8.72. The maximum Gasteiger partial charge on any atom is 0.127 e. The Labute approximate surface area is 147 Å². The monoisotopic (exact) mass is 330 g/mol. The van der Waals surface area contributed by atoms with Gasteiger partial charge in [-0.2, -0.15) is 0 Å². The van der Waals surface area contributed by atoms with Crippen molar-refractivity contribution in [2.24, 2.45) is 5.41 Å². The van der Waals surface area contributed by atoms with Crippen molar-refractivity contribution in [1.82, 2.24) is 0 Å². The number of aromatic hydroxyl groups is 2. The van der Waals surface area contributed by atoms with Gasteiger partial charge < -0.3 is 10.2 Å². The van der Waals surface area contributed by atoms with Crippen molar-refractivity contribution in [3.63, 3.8) is 0 Å². The molecule has 0 spiro atoms. The molecule has 0 fully saturated rings. The van der Waals surface area contributed by atoms with E-state index in [1.165, 1.54) is 5.57 Å². The Bertz CT molecular complexity index is 736. The van der Waals surface area contributed by atoms with Gasteiger partial charge in [0.1, 0.15) is 11.5 Å². The number of rotatable bonds is 6. The van der Waals surface area contributed by atoms with Crippen LogP contribution in [-0.4, -0.2) is 10.2 Å². The van der Waals surface area contributed by atoms with Crippen LogP contribution >= 0.6 is 0 Å². The molecule has 2 nitrogen and oxygen atoms in total. The summed E-state index contributed by atoms with van der Waals surface area (Å²) in [7, 11) is 0. The third-order valence-electron chi connectivity index (χ3n) is 5.27. The van der Waals surface area contributed by atoms with Crippen LogP contribution in [0.25, 0.3) is 13.2 Å². The molecule has 0 atom stereocenters. The average Bonchev–Trinajstić information content (AvgIpc) is 2.48. The minimum absolute atomic E-state index is 0.133. The maximum absolute atomic E-state index is 10.6. The summed E-state index contributed by atoms with van der Waals surface area (Å²) in [4.78, 5) is 0. The summed E-state index contributed by atoms with van der Waals surface area (Å²) < 4.78 is 0. The molecule has 0 aromatic heterocycles. The lowest BCUT2D eigenvalue weighted by Gasteiger charge is -2.28. The summed E-state index contributed by atoms with van der Waals surface area (Å²) in [5, 5.41) is 21.8. The lowest BCUT2D eigenvalue weighted by Crippen LogP contribution is -2.29. The predicted molar refractivity (Wildman–Crippen MR) is 105 cm³/mol. The summed E-state index contributed by atoms with van der Waals surface area (Å²) in [5.41, 5.74) is 2.60. The molecule has 0 heterocycles. The van der Waals surface area contributed by atoms with Crippen LogP contribution in [0.5, 0.6) is 11.5 Å². The van der Waals surface area contributed by atoms with Gasteiger partial charge in [-0.1, -0.05) is 65.8 Å². The van der Waals surface area contributed by atoms with E-state index in [0.717, 1.165) is 19.3 Å². The number of phenolic OH excluding ortho intramolecular Hbond substituents is 2. The van der Waals surface area contributed by atoms with E-state index in [1.54, 1.807) is 6.92 Å². The fraction of sp³-hybridized carbons (Fsp3) is 0.545. The summed E-state index contributed by atoms with van der Waals surface area (Å²) in [6.45, 7) is 22.7. The molecule has 24 heavy (non-hydrogen) atoms. The summed E-state index contributed by atoms with van der Waals surface area (Å²) in [6.07, 6.45) is 5.22. The first kappa shape index (κ1) is 20.3. The number of allylic oxidation sites excluding steroid dienone is 2. The van der Waals surface area contributed by atoms with Gasteiger partial charge in [0, 0.05) is 21.6 Å². The second-order valence-electron chi connectivity index (χ2n) is 8.49. The molecule has 2 N–H and O–H groups in total. The zero-order chi connectivity index (χ0) is 18.9. The van der Waals surface area contributed by atoms with Crippen molar-refractivity contribution in [3.8, 4) is 11.5 Å². The molecule has 1 aromatic rings. The van der Waals surface area contributed by atoms with Crippen molar-refractivity contribution >= 4 is 13.2 Å². The van der Waals surface area contributed by atoms with Crippen LogP contribution in [0, 0.1) is 12.3 Å². The van der Waals surface area contributed by atoms with Gasteiger partial charge in [0.2, 0.25) is 0 Å². The molecule has 2 heteroatoms. The van der Waals surface area contributed by atoms with E-state index in [0.29, 0.717) is 27.0 Å². The lowest BCUT2D eigenvalue weighted by molar-refractivity contribution is 0.347. The molecular weight excluding hydrogens is 296 g/mol. The number of hydrogen-bond acceptors (Lipinski definition) is 2. The molecule has 0 aliphatic rings. The number of benzene rings is 1. The highest BCUT2D eigenvalue weighted by Gasteiger charge is 2.27. The summed E-state index contributed by atoms with van der Waals surface area (Å²) >= 11 is 0. The topological polar surface area (TPSA) is 40.5 Å². The van der Waals surface area contributed by atoms with E-state index < -0.39 is 0 Å². The van der Waals surface area contributed by atoms with Crippen LogP contribution in [0.3, 0.4) is 0 Å². The summed E-state index contributed by atoms with van der Waals surface area (Å²) in [6, 6.07) is 0. The van der Waals surface area contributed by atoms with Gasteiger partial charge >= 0.3 is 0 Å². The van der Waals surface area contributed by atoms with Crippen molar-refractivity contribution in [2.45, 2.75) is 73.1 Å². The Morgan fingerprint density at radius 2 is 1.58 bits per heavy atom. The van der Waals surface area contributed by atoms with Crippen LogP contribution in [0.1, 0.15) is 71.9 Å². The van der Waals surface area contributed by atoms with E-state index >= 15 is 0 Å². The molecule has 0 aliphatic carbocycles. The predicted octanol–water partition coefficient (Wildman–Crippen LogP) is 4.67. The minimum Gasteiger partial charge on any atom is -0.507 e. The van der Waals surface area contributed by atoms with Crippen molar-refractivity contribution in [3.05, 3.63) is 33.2 Å². The molecule has 0 aliphatic heterocycles. The highest BCUT2D eigenvalue weighted by molar-refractivity contribution is 5.52. The van der Waals surface area contributed by atoms with Gasteiger partial charge in [-0.25, -0.2) is 0 Å². The summed E-state index contributed by atoms with van der Waals surface area (Å²) in [5.74, 6) is 0.286. The molecule has 1 rings (SSSR count). The Balaban J connectivity index is 3.24. The second-order valence-corrected chi connectivity index (χ2v) is 8.49. The molecule has 1 aromatic carbocycles. The molecule has 0 radical (unpaired) electrons. The maximum atomic E-state index is 10.6. The first-order valence-corrected chi connectivity index (χ1v) is 8.72. The van der Waals surface area contributed by atoms with Gasteiger partial charge in [-0.15, -0.1) is 0 Å². The SMILES string of the molecule is C=c1c(C)c(O)c(=C)c(C(C)(C)CC=C(C)CC(C)(C)CC)c1O. The standard InChI is InChI=1S/C22H34O2/c1-10-21(6,7)13-14(2)11-12-22(8,9)18-17(5)19(23)15(3)16(4)20(18)24/h11,23-24H,4-5,10,12-13H2,1-3,6-9H3. The van der Waals surface area contributed by atoms with Crippen LogP contribution in [0.4, 0.5) is 0 Å². The van der Waals surface area contributed by atoms with Crippen LogP contribution in [0.2, 0.25) is 0 Å². The van der Waals surface area contributed by atoms with Crippen molar-refractivity contribution < 1.29 is 10.2 Å². The molecular formula is C22H34O2. The van der Waals surface area contributed by atoms with Crippen molar-refractivity contribution in [1.29, 1.82) is 0 Å². The third-order valence-corrected chi connectivity index (χ3v) is 5.27. The second kappa shape index (κ2) is 7.04. The Morgan fingerprint density at radius 1 is 1.04 bits per heavy atom. The van der Waals surface area contributed by atoms with Gasteiger partial charge in [0.25, 0.3) is 0 Å². The third kappa shape index (κ3) is 4.23. The highest BCUT2D eigenvalue weighted by atomic mass is 16.3. The lowest BCUT2D eigenvalue weighted by atomic mass is 9.77. The van der Waals surface area contributed by atoms with E-state index in [2.05, 4.69) is 60.8 Å². The highest BCUT2D eigenvalue weighted by Crippen LogP contribution is 2.34. The Kier molecular flexibility index (Phi) is 5.97. The van der Waals surface area contributed by atoms with Crippen LogP contribution < -0.4 is 10.4 Å². The fourth-order valence-electron chi connectivity index (χ4n) is 3.17. The molecule has 0 bridgehead atoms. The smallest absolute Gasteiger partial charge is 0.127 e. The molecule has 0 unspecified atom stereocenters. The largest absolute Gasteiger partial charge is 0.507 e. The zero-order valence-electron chi connectivity index (χ0n) is 16.5.